The number of hydrogen-bond acceptors (Lipinski definition) is 5. The van der Waals surface area contributed by atoms with E-state index in [4.69, 9.17) is 21.4 Å². The Morgan fingerprint density at radius 1 is 1.29 bits per heavy atom. The molecule has 24 heavy (non-hydrogen) atoms. The van der Waals surface area contributed by atoms with Crippen LogP contribution in [0.1, 0.15) is 11.3 Å². The third-order valence-electron chi connectivity index (χ3n) is 3.52. The van der Waals surface area contributed by atoms with Crippen LogP contribution in [0.3, 0.4) is 0 Å². The van der Waals surface area contributed by atoms with Gasteiger partial charge in [0.25, 0.3) is 5.91 Å². The molecule has 124 valence electrons. The molecule has 1 fully saturated rings. The molecule has 0 bridgehead atoms. The first-order chi connectivity index (χ1) is 11.6. The predicted octanol–water partition coefficient (Wildman–Crippen LogP) is 4.49. The van der Waals surface area contributed by atoms with E-state index >= 15 is 0 Å². The van der Waals surface area contributed by atoms with Crippen molar-refractivity contribution in [1.82, 2.24) is 4.90 Å². The van der Waals surface area contributed by atoms with E-state index in [1.165, 1.54) is 11.8 Å². The number of nitrogens with zero attached hydrogens (tertiary/aromatic N) is 1. The van der Waals surface area contributed by atoms with Crippen LogP contribution in [0.4, 0.5) is 0 Å². The van der Waals surface area contributed by atoms with Gasteiger partial charge in [0.15, 0.2) is 4.67 Å². The Balaban J connectivity index is 1.66. The Labute approximate surface area is 158 Å². The maximum Gasteiger partial charge on any atom is 0.266 e. The van der Waals surface area contributed by atoms with E-state index in [-0.39, 0.29) is 5.91 Å². The fraction of sp³-hybridized carbons (Fsp3) is 0.176. The van der Waals surface area contributed by atoms with Crippen LogP contribution in [0.5, 0.6) is 5.75 Å². The normalized spacial score (nSPS) is 16.2. The average molecular weight is 424 g/mol. The van der Waals surface area contributed by atoms with Crippen LogP contribution in [-0.2, 0) is 11.2 Å². The molecule has 2 heterocycles. The first-order valence-corrected chi connectivity index (χ1v) is 9.22. The van der Waals surface area contributed by atoms with Crippen LogP contribution in [-0.4, -0.2) is 28.8 Å². The van der Waals surface area contributed by atoms with Crippen LogP contribution in [0.15, 0.2) is 50.4 Å². The molecule has 2 aromatic rings. The Hall–Kier alpha value is -1.57. The predicted molar refractivity (Wildman–Crippen MR) is 103 cm³/mol. The molecule has 0 spiro atoms. The van der Waals surface area contributed by atoms with Crippen LogP contribution in [0, 0.1) is 0 Å². The molecule has 1 amide bonds. The number of carbonyl (C=O) groups excluding carboxylic acids is 1. The Kier molecular flexibility index (Phi) is 5.43. The molecular formula is C17H14BrNO3S2. The molecule has 1 aromatic heterocycles. The van der Waals surface area contributed by atoms with E-state index in [0.717, 1.165) is 17.7 Å². The highest BCUT2D eigenvalue weighted by Crippen LogP contribution is 2.33. The van der Waals surface area contributed by atoms with Crippen LogP contribution in [0.25, 0.3) is 6.08 Å². The molecule has 0 unspecified atom stereocenters. The van der Waals surface area contributed by atoms with Crippen LogP contribution < -0.4 is 4.74 Å². The molecule has 7 heteroatoms. The van der Waals surface area contributed by atoms with E-state index in [9.17, 15) is 4.79 Å². The summed E-state index contributed by atoms with van der Waals surface area (Å²) in [6.07, 6.45) is 2.45. The summed E-state index contributed by atoms with van der Waals surface area (Å²) in [5.74, 6) is 1.36. The highest BCUT2D eigenvalue weighted by Gasteiger charge is 2.31. The summed E-state index contributed by atoms with van der Waals surface area (Å²) in [4.78, 5) is 14.7. The number of methoxy groups -OCH3 is 1. The second kappa shape index (κ2) is 7.55. The minimum atomic E-state index is -0.0777. The number of halogens is 1. The van der Waals surface area contributed by atoms with Gasteiger partial charge in [0.1, 0.15) is 15.8 Å². The fourth-order valence-corrected chi connectivity index (χ4v) is 3.87. The summed E-state index contributed by atoms with van der Waals surface area (Å²) in [5.41, 5.74) is 1.13. The number of thiocarbonyl (C=S) groups is 1. The first-order valence-electron chi connectivity index (χ1n) is 7.20. The van der Waals surface area contributed by atoms with Crippen molar-refractivity contribution in [2.75, 3.05) is 13.7 Å². The van der Waals surface area contributed by atoms with Gasteiger partial charge in [-0.05, 0) is 52.2 Å². The second-order valence-corrected chi connectivity index (χ2v) is 7.53. The quantitative estimate of drug-likeness (QED) is 0.523. The van der Waals surface area contributed by atoms with E-state index in [1.54, 1.807) is 30.2 Å². The molecule has 1 aliphatic rings. The number of benzene rings is 1. The minimum Gasteiger partial charge on any atom is -0.497 e. The third-order valence-corrected chi connectivity index (χ3v) is 5.33. The standard InChI is InChI=1S/C17H14BrNO3S2/c1-21-12-4-2-11(3-5-12)8-9-19-16(20)14(24-17(19)23)10-13-6-7-15(18)22-13/h2-7,10H,8-9H2,1H3/b14-10+. The zero-order chi connectivity index (χ0) is 17.1. The van der Waals surface area contributed by atoms with Gasteiger partial charge >= 0.3 is 0 Å². The average Bonchev–Trinajstić information content (AvgIpc) is 3.10. The van der Waals surface area contributed by atoms with Gasteiger partial charge in [-0.1, -0.05) is 36.1 Å². The number of rotatable bonds is 5. The number of ether oxygens (including phenoxy) is 1. The summed E-state index contributed by atoms with van der Waals surface area (Å²) in [7, 11) is 1.64. The summed E-state index contributed by atoms with van der Waals surface area (Å²) < 4.78 is 11.8. The molecule has 3 rings (SSSR count). The van der Waals surface area contributed by atoms with Gasteiger partial charge in [-0.2, -0.15) is 0 Å². The van der Waals surface area contributed by atoms with Gasteiger partial charge in [-0.25, -0.2) is 0 Å². The highest BCUT2D eigenvalue weighted by molar-refractivity contribution is 9.10. The largest absolute Gasteiger partial charge is 0.497 e. The monoisotopic (exact) mass is 423 g/mol. The molecule has 0 aliphatic carbocycles. The molecule has 0 N–H and O–H groups in total. The fourth-order valence-electron chi connectivity index (χ4n) is 2.26. The van der Waals surface area contributed by atoms with Gasteiger partial charge in [-0.15, -0.1) is 0 Å². The molecule has 4 nitrogen and oxygen atoms in total. The lowest BCUT2D eigenvalue weighted by Crippen LogP contribution is -2.30. The minimum absolute atomic E-state index is 0.0777. The number of carbonyl (C=O) groups is 1. The Morgan fingerprint density at radius 3 is 2.67 bits per heavy atom. The zero-order valence-electron chi connectivity index (χ0n) is 12.8. The number of amides is 1. The van der Waals surface area contributed by atoms with Gasteiger partial charge in [-0.3, -0.25) is 9.69 Å². The van der Waals surface area contributed by atoms with Gasteiger partial charge in [0.05, 0.1) is 12.0 Å². The molecule has 0 saturated carbocycles. The van der Waals surface area contributed by atoms with E-state index in [0.29, 0.717) is 26.2 Å². The maximum absolute atomic E-state index is 12.5. The van der Waals surface area contributed by atoms with Gasteiger partial charge in [0, 0.05) is 12.6 Å². The lowest BCUT2D eigenvalue weighted by atomic mass is 10.1. The molecule has 1 aliphatic heterocycles. The van der Waals surface area contributed by atoms with Crippen molar-refractivity contribution >= 4 is 56.2 Å². The summed E-state index contributed by atoms with van der Waals surface area (Å²) >= 11 is 9.89. The molecular weight excluding hydrogens is 410 g/mol. The Morgan fingerprint density at radius 2 is 2.04 bits per heavy atom. The van der Waals surface area contributed by atoms with Crippen LogP contribution >= 0.6 is 39.9 Å². The van der Waals surface area contributed by atoms with E-state index < -0.39 is 0 Å². The van der Waals surface area contributed by atoms with Crippen molar-refractivity contribution in [3.63, 3.8) is 0 Å². The lowest BCUT2D eigenvalue weighted by molar-refractivity contribution is -0.122. The smallest absolute Gasteiger partial charge is 0.266 e. The molecule has 1 saturated heterocycles. The number of furan rings is 1. The highest BCUT2D eigenvalue weighted by atomic mass is 79.9. The molecule has 1 aromatic carbocycles. The van der Waals surface area contributed by atoms with E-state index in [2.05, 4.69) is 15.9 Å². The topological polar surface area (TPSA) is 42.7 Å². The summed E-state index contributed by atoms with van der Waals surface area (Å²) in [5, 5.41) is 0. The summed E-state index contributed by atoms with van der Waals surface area (Å²) in [6.45, 7) is 0.552. The Bertz CT molecular complexity index is 798. The number of thioether (sulfide) groups is 1. The molecule has 0 radical (unpaired) electrons. The zero-order valence-corrected chi connectivity index (χ0v) is 16.0. The summed E-state index contributed by atoms with van der Waals surface area (Å²) in [6, 6.07) is 11.4. The van der Waals surface area contributed by atoms with Crippen molar-refractivity contribution in [3.05, 3.63) is 57.3 Å². The molecule has 0 atom stereocenters. The number of hydrogen-bond donors (Lipinski definition) is 0. The van der Waals surface area contributed by atoms with Crippen molar-refractivity contribution in [2.45, 2.75) is 6.42 Å². The van der Waals surface area contributed by atoms with Gasteiger partial charge < -0.3 is 9.15 Å². The SMILES string of the molecule is COc1ccc(CCN2C(=O)/C(=C\c3ccc(Br)o3)SC2=S)cc1. The third kappa shape index (κ3) is 3.91. The van der Waals surface area contributed by atoms with E-state index in [1.807, 2.05) is 24.3 Å². The second-order valence-electron chi connectivity index (χ2n) is 5.07. The maximum atomic E-state index is 12.5. The first kappa shape index (κ1) is 17.3. The van der Waals surface area contributed by atoms with Crippen molar-refractivity contribution in [3.8, 4) is 5.75 Å². The van der Waals surface area contributed by atoms with Crippen molar-refractivity contribution in [1.29, 1.82) is 0 Å². The van der Waals surface area contributed by atoms with Crippen molar-refractivity contribution < 1.29 is 13.9 Å². The lowest BCUT2D eigenvalue weighted by Gasteiger charge is -2.14. The van der Waals surface area contributed by atoms with Gasteiger partial charge in [0.2, 0.25) is 0 Å². The van der Waals surface area contributed by atoms with Crippen molar-refractivity contribution in [2.24, 2.45) is 0 Å². The van der Waals surface area contributed by atoms with Crippen LogP contribution in [0.2, 0.25) is 0 Å².